The number of nitrogens with zero attached hydrogens (tertiary/aromatic N) is 2. The number of nitrogens with one attached hydrogen (secondary N) is 1. The van der Waals surface area contributed by atoms with E-state index in [4.69, 9.17) is 5.11 Å². The Labute approximate surface area is 138 Å². The van der Waals surface area contributed by atoms with Gasteiger partial charge in [0, 0.05) is 42.0 Å². The lowest BCUT2D eigenvalue weighted by Gasteiger charge is -2.38. The third-order valence-corrected chi connectivity index (χ3v) is 4.34. The van der Waals surface area contributed by atoms with Crippen molar-refractivity contribution in [2.24, 2.45) is 5.92 Å². The molecule has 1 fully saturated rings. The number of aromatic nitrogens is 1. The van der Waals surface area contributed by atoms with Gasteiger partial charge in [0.05, 0.1) is 5.52 Å². The van der Waals surface area contributed by atoms with E-state index in [0.717, 1.165) is 18.7 Å². The smallest absolute Gasteiger partial charge is 0.404 e. The van der Waals surface area contributed by atoms with E-state index >= 15 is 0 Å². The highest BCUT2D eigenvalue weighted by Crippen LogP contribution is 2.34. The number of hydrogen-bond acceptors (Lipinski definition) is 3. The van der Waals surface area contributed by atoms with Gasteiger partial charge in [0.15, 0.2) is 0 Å². The van der Waals surface area contributed by atoms with E-state index in [2.05, 4.69) is 17.2 Å². The van der Waals surface area contributed by atoms with Gasteiger partial charge < -0.3 is 15.3 Å². The van der Waals surface area contributed by atoms with Gasteiger partial charge in [-0.25, -0.2) is 13.6 Å². The van der Waals surface area contributed by atoms with Crippen LogP contribution in [0.2, 0.25) is 0 Å². The lowest BCUT2D eigenvalue weighted by atomic mass is 9.94. The molecule has 1 aromatic heterocycles. The van der Waals surface area contributed by atoms with Gasteiger partial charge in [0.1, 0.15) is 0 Å². The molecule has 1 aliphatic rings. The minimum absolute atomic E-state index is 0.0837. The molecule has 7 heteroatoms. The van der Waals surface area contributed by atoms with Gasteiger partial charge in [0.2, 0.25) is 0 Å². The first kappa shape index (κ1) is 16.4. The van der Waals surface area contributed by atoms with Crippen molar-refractivity contribution < 1.29 is 18.7 Å². The van der Waals surface area contributed by atoms with Crippen molar-refractivity contribution in [1.82, 2.24) is 10.3 Å². The highest BCUT2D eigenvalue weighted by Gasteiger charge is 2.27. The molecule has 2 N–H and O–H groups in total. The maximum Gasteiger partial charge on any atom is 0.404 e. The molecule has 1 saturated heterocycles. The Morgan fingerprint density at radius 2 is 2.17 bits per heavy atom. The summed E-state index contributed by atoms with van der Waals surface area (Å²) in [6.45, 7) is 3.31. The summed E-state index contributed by atoms with van der Waals surface area (Å²) in [5.74, 6) is 0.289. The van der Waals surface area contributed by atoms with Gasteiger partial charge in [-0.1, -0.05) is 6.92 Å². The fourth-order valence-electron chi connectivity index (χ4n) is 3.46. The van der Waals surface area contributed by atoms with Crippen molar-refractivity contribution in [2.45, 2.75) is 25.8 Å². The zero-order chi connectivity index (χ0) is 17.3. The second-order valence-corrected chi connectivity index (χ2v) is 6.27. The molecule has 0 radical (unpaired) electrons. The predicted molar refractivity (Wildman–Crippen MR) is 87.6 cm³/mol. The highest BCUT2D eigenvalue weighted by atomic mass is 19.3. The number of alkyl halides is 2. The van der Waals surface area contributed by atoms with Crippen molar-refractivity contribution in [2.75, 3.05) is 18.0 Å². The van der Waals surface area contributed by atoms with Crippen LogP contribution >= 0.6 is 0 Å². The topological polar surface area (TPSA) is 65.5 Å². The molecule has 2 heterocycles. The van der Waals surface area contributed by atoms with Gasteiger partial charge in [-0.15, -0.1) is 0 Å². The van der Waals surface area contributed by atoms with E-state index in [-0.39, 0.29) is 17.5 Å². The fourth-order valence-corrected chi connectivity index (χ4v) is 3.46. The molecule has 0 saturated carbocycles. The van der Waals surface area contributed by atoms with Crippen molar-refractivity contribution in [3.63, 3.8) is 0 Å². The Hall–Kier alpha value is -2.44. The van der Waals surface area contributed by atoms with Crippen LogP contribution in [0.4, 0.5) is 19.3 Å². The average Bonchev–Trinajstić information content (AvgIpc) is 2.52. The quantitative estimate of drug-likeness (QED) is 0.898. The summed E-state index contributed by atoms with van der Waals surface area (Å²) < 4.78 is 26.4. The van der Waals surface area contributed by atoms with Crippen LogP contribution in [0.5, 0.6) is 0 Å². The molecule has 1 aliphatic heterocycles. The molecule has 0 bridgehead atoms. The highest BCUT2D eigenvalue weighted by molar-refractivity contribution is 5.94. The first-order valence-corrected chi connectivity index (χ1v) is 7.86. The van der Waals surface area contributed by atoms with Gasteiger partial charge in [-0.3, -0.25) is 4.98 Å². The number of carbonyl (C=O) groups is 1. The predicted octanol–water partition coefficient (Wildman–Crippen LogP) is 3.65. The Morgan fingerprint density at radius 1 is 1.38 bits per heavy atom. The number of pyridine rings is 1. The summed E-state index contributed by atoms with van der Waals surface area (Å²) in [6, 6.07) is 6.41. The standard InChI is InChI=1S/C17H19F2N3O2/c1-10-7-11(21-17(23)24)9-22(8-10)14-5-4-13(16(18)19)15-12(14)3-2-6-20-15/h2-6,10-11,16,21H,7-9H2,1H3,(H,23,24)/t10-,11+/m0/s1. The summed E-state index contributed by atoms with van der Waals surface area (Å²) in [5, 5.41) is 12.1. The summed E-state index contributed by atoms with van der Waals surface area (Å²) in [4.78, 5) is 17.1. The molecule has 1 aromatic carbocycles. The maximum absolute atomic E-state index is 13.2. The first-order chi connectivity index (χ1) is 11.5. The summed E-state index contributed by atoms with van der Waals surface area (Å²) in [6.07, 6.45) is -1.37. The van der Waals surface area contributed by atoms with Crippen LogP contribution in [-0.2, 0) is 0 Å². The number of anilines is 1. The van der Waals surface area contributed by atoms with Crippen LogP contribution < -0.4 is 10.2 Å². The van der Waals surface area contributed by atoms with Crippen LogP contribution in [0.15, 0.2) is 30.5 Å². The Morgan fingerprint density at radius 3 is 2.88 bits per heavy atom. The molecular weight excluding hydrogens is 316 g/mol. The molecule has 2 atom stereocenters. The minimum atomic E-state index is -2.59. The number of benzene rings is 1. The van der Waals surface area contributed by atoms with Gasteiger partial charge in [0.25, 0.3) is 6.43 Å². The average molecular weight is 335 g/mol. The number of fused-ring (bicyclic) bond motifs is 1. The van der Waals surface area contributed by atoms with Crippen molar-refractivity contribution in [3.05, 3.63) is 36.0 Å². The third kappa shape index (κ3) is 3.25. The van der Waals surface area contributed by atoms with Gasteiger partial charge in [-0.05, 0) is 36.6 Å². The number of halogens is 2. The van der Waals surface area contributed by atoms with Crippen LogP contribution in [0.3, 0.4) is 0 Å². The third-order valence-electron chi connectivity index (χ3n) is 4.34. The zero-order valence-corrected chi connectivity index (χ0v) is 13.2. The van der Waals surface area contributed by atoms with E-state index in [1.54, 1.807) is 18.2 Å². The summed E-state index contributed by atoms with van der Waals surface area (Å²) in [5.41, 5.74) is 1.02. The lowest BCUT2D eigenvalue weighted by molar-refractivity contribution is 0.153. The Kier molecular flexibility index (Phi) is 4.51. The van der Waals surface area contributed by atoms with Crippen LogP contribution in [0.1, 0.15) is 25.3 Å². The molecular formula is C17H19F2N3O2. The second kappa shape index (κ2) is 6.59. The molecule has 0 unspecified atom stereocenters. The van der Waals surface area contributed by atoms with Crippen LogP contribution in [-0.4, -0.2) is 35.3 Å². The number of piperidine rings is 1. The largest absolute Gasteiger partial charge is 0.465 e. The normalized spacial score (nSPS) is 21.2. The lowest BCUT2D eigenvalue weighted by Crippen LogP contribution is -2.50. The number of amides is 1. The molecule has 0 spiro atoms. The maximum atomic E-state index is 13.2. The Balaban J connectivity index is 1.99. The fraction of sp³-hybridized carbons (Fsp3) is 0.412. The summed E-state index contributed by atoms with van der Waals surface area (Å²) in [7, 11) is 0. The van der Waals surface area contributed by atoms with E-state index < -0.39 is 12.5 Å². The van der Waals surface area contributed by atoms with E-state index in [9.17, 15) is 13.6 Å². The van der Waals surface area contributed by atoms with Gasteiger partial charge in [-0.2, -0.15) is 0 Å². The van der Waals surface area contributed by atoms with E-state index in [0.29, 0.717) is 17.4 Å². The zero-order valence-electron chi connectivity index (χ0n) is 13.2. The molecule has 2 aromatic rings. The van der Waals surface area contributed by atoms with Crippen molar-refractivity contribution in [1.29, 1.82) is 0 Å². The Bertz CT molecular complexity index is 754. The number of rotatable bonds is 3. The van der Waals surface area contributed by atoms with Crippen molar-refractivity contribution in [3.8, 4) is 0 Å². The molecule has 1 amide bonds. The van der Waals surface area contributed by atoms with E-state index in [1.807, 2.05) is 4.90 Å². The number of hydrogen-bond donors (Lipinski definition) is 2. The minimum Gasteiger partial charge on any atom is -0.465 e. The molecule has 3 rings (SSSR count). The monoisotopic (exact) mass is 335 g/mol. The molecule has 24 heavy (non-hydrogen) atoms. The molecule has 128 valence electrons. The van der Waals surface area contributed by atoms with Gasteiger partial charge >= 0.3 is 6.09 Å². The molecule has 0 aliphatic carbocycles. The molecule has 5 nitrogen and oxygen atoms in total. The van der Waals surface area contributed by atoms with E-state index in [1.165, 1.54) is 12.3 Å². The SMILES string of the molecule is C[C@H]1C[C@@H](NC(=O)O)CN(c2ccc(C(F)F)c3ncccc23)C1. The van der Waals surface area contributed by atoms with Crippen molar-refractivity contribution >= 4 is 22.7 Å². The summed E-state index contributed by atoms with van der Waals surface area (Å²) >= 11 is 0. The van der Waals surface area contributed by atoms with Crippen LogP contribution in [0, 0.1) is 5.92 Å². The van der Waals surface area contributed by atoms with Crippen LogP contribution in [0.25, 0.3) is 10.9 Å². The first-order valence-electron chi connectivity index (χ1n) is 7.86. The number of carboxylic acid groups (broad SMARTS) is 1. The second-order valence-electron chi connectivity index (χ2n) is 6.27.